The predicted octanol–water partition coefficient (Wildman–Crippen LogP) is 2.29. The summed E-state index contributed by atoms with van der Waals surface area (Å²) in [7, 11) is 1.93. The van der Waals surface area contributed by atoms with Crippen molar-refractivity contribution in [2.24, 2.45) is 7.05 Å². The lowest BCUT2D eigenvalue weighted by molar-refractivity contribution is 0.355. The molecule has 5 heteroatoms. The Bertz CT molecular complexity index is 530. The maximum Gasteiger partial charge on any atom is 0.0825 e. The van der Waals surface area contributed by atoms with Crippen molar-refractivity contribution in [2.45, 2.75) is 39.8 Å². The summed E-state index contributed by atoms with van der Waals surface area (Å²) in [5, 5.41) is 12.1. The molecule has 2 heterocycles. The van der Waals surface area contributed by atoms with Crippen LogP contribution in [0.25, 0.3) is 0 Å². The molecule has 0 amide bonds. The maximum atomic E-state index is 4.38. The lowest BCUT2D eigenvalue weighted by Gasteiger charge is -2.18. The highest BCUT2D eigenvalue weighted by atomic mass is 15.3. The molecule has 5 nitrogen and oxygen atoms in total. The second-order valence-corrected chi connectivity index (χ2v) is 5.62. The molecule has 0 saturated carbocycles. The number of anilines is 1. The molecule has 0 radical (unpaired) electrons. The van der Waals surface area contributed by atoms with Gasteiger partial charge in [0.15, 0.2) is 0 Å². The van der Waals surface area contributed by atoms with Crippen LogP contribution >= 0.6 is 0 Å². The second kappa shape index (κ2) is 4.48. The van der Waals surface area contributed by atoms with E-state index < -0.39 is 0 Å². The summed E-state index contributed by atoms with van der Waals surface area (Å²) < 4.78 is 3.80. The Morgan fingerprint density at radius 3 is 2.50 bits per heavy atom. The molecular weight excluding hydrogens is 226 g/mol. The molecule has 98 valence electrons. The zero-order valence-electron chi connectivity index (χ0n) is 11.7. The summed E-state index contributed by atoms with van der Waals surface area (Å²) >= 11 is 0. The van der Waals surface area contributed by atoms with Gasteiger partial charge in [-0.15, -0.1) is 0 Å². The first-order valence-electron chi connectivity index (χ1n) is 6.14. The highest BCUT2D eigenvalue weighted by molar-refractivity contribution is 5.45. The number of rotatable bonds is 3. The van der Waals surface area contributed by atoms with Crippen molar-refractivity contribution in [3.05, 3.63) is 29.8 Å². The van der Waals surface area contributed by atoms with Gasteiger partial charge in [0.05, 0.1) is 23.1 Å². The molecule has 0 aliphatic rings. The molecule has 0 fully saturated rings. The normalized spacial score (nSPS) is 11.8. The van der Waals surface area contributed by atoms with Crippen molar-refractivity contribution in [1.82, 2.24) is 19.6 Å². The fraction of sp³-hybridized carbons (Fsp3) is 0.538. The quantitative estimate of drug-likeness (QED) is 0.905. The van der Waals surface area contributed by atoms with Crippen LogP contribution in [0.15, 0.2) is 18.6 Å². The average molecular weight is 247 g/mol. The van der Waals surface area contributed by atoms with Crippen molar-refractivity contribution in [3.63, 3.8) is 0 Å². The summed E-state index contributed by atoms with van der Waals surface area (Å²) in [6, 6.07) is 0. The van der Waals surface area contributed by atoms with Crippen molar-refractivity contribution in [3.8, 4) is 0 Å². The number of hydrogen-bond donors (Lipinski definition) is 1. The fourth-order valence-corrected chi connectivity index (χ4v) is 1.79. The van der Waals surface area contributed by atoms with E-state index in [2.05, 4.69) is 42.5 Å². The van der Waals surface area contributed by atoms with E-state index in [0.717, 1.165) is 17.9 Å². The first-order chi connectivity index (χ1) is 8.36. The Kier molecular flexibility index (Phi) is 3.15. The van der Waals surface area contributed by atoms with Crippen LogP contribution in [0.1, 0.15) is 32.0 Å². The molecule has 0 aliphatic carbocycles. The van der Waals surface area contributed by atoms with Gasteiger partial charge in [-0.1, -0.05) is 0 Å². The van der Waals surface area contributed by atoms with Gasteiger partial charge in [0.2, 0.25) is 0 Å². The topological polar surface area (TPSA) is 47.7 Å². The SMILES string of the molecule is Cc1nn(C)cc1NCc1cnn(C(C)(C)C)c1. The number of aromatic nitrogens is 4. The third-order valence-electron chi connectivity index (χ3n) is 2.82. The van der Waals surface area contributed by atoms with E-state index in [-0.39, 0.29) is 5.54 Å². The van der Waals surface area contributed by atoms with E-state index >= 15 is 0 Å². The van der Waals surface area contributed by atoms with Crippen molar-refractivity contribution in [1.29, 1.82) is 0 Å². The third kappa shape index (κ3) is 2.72. The Hall–Kier alpha value is -1.78. The summed E-state index contributed by atoms with van der Waals surface area (Å²) in [6.45, 7) is 9.19. The molecule has 0 atom stereocenters. The van der Waals surface area contributed by atoms with Gasteiger partial charge in [0, 0.05) is 31.5 Å². The van der Waals surface area contributed by atoms with Crippen LogP contribution in [0.5, 0.6) is 0 Å². The van der Waals surface area contributed by atoms with Gasteiger partial charge >= 0.3 is 0 Å². The summed E-state index contributed by atoms with van der Waals surface area (Å²) in [4.78, 5) is 0. The van der Waals surface area contributed by atoms with Crippen LogP contribution in [0.4, 0.5) is 5.69 Å². The molecule has 18 heavy (non-hydrogen) atoms. The number of nitrogens with zero attached hydrogens (tertiary/aromatic N) is 4. The first-order valence-corrected chi connectivity index (χ1v) is 6.14. The lowest BCUT2D eigenvalue weighted by atomic mass is 10.1. The summed E-state index contributed by atoms with van der Waals surface area (Å²) in [5.41, 5.74) is 3.29. The number of hydrogen-bond acceptors (Lipinski definition) is 3. The van der Waals surface area contributed by atoms with Crippen LogP contribution in [0.2, 0.25) is 0 Å². The fourth-order valence-electron chi connectivity index (χ4n) is 1.79. The molecule has 0 saturated heterocycles. The van der Waals surface area contributed by atoms with Crippen molar-refractivity contribution < 1.29 is 0 Å². The van der Waals surface area contributed by atoms with E-state index in [1.54, 1.807) is 0 Å². The molecule has 2 aromatic heterocycles. The second-order valence-electron chi connectivity index (χ2n) is 5.62. The van der Waals surface area contributed by atoms with E-state index in [0.29, 0.717) is 0 Å². The predicted molar refractivity (Wildman–Crippen MR) is 72.5 cm³/mol. The first kappa shape index (κ1) is 12.7. The Morgan fingerprint density at radius 2 is 2.00 bits per heavy atom. The van der Waals surface area contributed by atoms with E-state index in [9.17, 15) is 0 Å². The lowest BCUT2D eigenvalue weighted by Crippen LogP contribution is -2.21. The highest BCUT2D eigenvalue weighted by Gasteiger charge is 2.13. The van der Waals surface area contributed by atoms with Gasteiger partial charge < -0.3 is 5.32 Å². The molecule has 2 aromatic rings. The van der Waals surface area contributed by atoms with Crippen molar-refractivity contribution >= 4 is 5.69 Å². The van der Waals surface area contributed by atoms with Crippen molar-refractivity contribution in [2.75, 3.05) is 5.32 Å². The van der Waals surface area contributed by atoms with Crippen LogP contribution in [-0.2, 0) is 19.1 Å². The minimum absolute atomic E-state index is 0.0302. The smallest absolute Gasteiger partial charge is 0.0825 e. The van der Waals surface area contributed by atoms with Gasteiger partial charge in [-0.2, -0.15) is 10.2 Å². The zero-order valence-corrected chi connectivity index (χ0v) is 11.7. The largest absolute Gasteiger partial charge is 0.378 e. The monoisotopic (exact) mass is 247 g/mol. The zero-order chi connectivity index (χ0) is 13.3. The van der Waals surface area contributed by atoms with E-state index in [4.69, 9.17) is 0 Å². The molecule has 0 bridgehead atoms. The minimum atomic E-state index is 0.0302. The van der Waals surface area contributed by atoms with Crippen LogP contribution in [0, 0.1) is 6.92 Å². The van der Waals surface area contributed by atoms with Gasteiger partial charge in [-0.05, 0) is 27.7 Å². The van der Waals surface area contributed by atoms with E-state index in [1.807, 2.05) is 35.7 Å². The van der Waals surface area contributed by atoms with Crippen LogP contribution in [0.3, 0.4) is 0 Å². The minimum Gasteiger partial charge on any atom is -0.378 e. The van der Waals surface area contributed by atoms with Gasteiger partial charge in [0.25, 0.3) is 0 Å². The molecule has 1 N–H and O–H groups in total. The summed E-state index contributed by atoms with van der Waals surface area (Å²) in [6.07, 6.45) is 5.98. The number of aryl methyl sites for hydroxylation is 2. The van der Waals surface area contributed by atoms with Gasteiger partial charge in [0.1, 0.15) is 0 Å². The third-order valence-corrected chi connectivity index (χ3v) is 2.82. The molecule has 0 spiro atoms. The highest BCUT2D eigenvalue weighted by Crippen LogP contribution is 2.15. The van der Waals surface area contributed by atoms with Crippen LogP contribution in [-0.4, -0.2) is 19.6 Å². The Labute approximate surface area is 108 Å². The molecule has 0 unspecified atom stereocenters. The van der Waals surface area contributed by atoms with Gasteiger partial charge in [-0.3, -0.25) is 9.36 Å². The maximum absolute atomic E-state index is 4.38. The van der Waals surface area contributed by atoms with Crippen LogP contribution < -0.4 is 5.32 Å². The molecule has 0 aromatic carbocycles. The van der Waals surface area contributed by atoms with E-state index in [1.165, 1.54) is 5.56 Å². The molecule has 0 aliphatic heterocycles. The summed E-state index contributed by atoms with van der Waals surface area (Å²) in [5.74, 6) is 0. The van der Waals surface area contributed by atoms with Gasteiger partial charge in [-0.25, -0.2) is 0 Å². The Morgan fingerprint density at radius 1 is 1.28 bits per heavy atom. The number of nitrogens with one attached hydrogen (secondary N) is 1. The average Bonchev–Trinajstić information content (AvgIpc) is 2.81. The standard InChI is InChI=1S/C13H21N5/c1-10-12(9-17(5)16-10)14-6-11-7-15-18(8-11)13(2,3)4/h7-9,14H,6H2,1-5H3. The molecule has 2 rings (SSSR count). The molecular formula is C13H21N5. The Balaban J connectivity index is 2.03.